The van der Waals surface area contributed by atoms with Crippen LogP contribution in [-0.2, 0) is 9.47 Å². The predicted octanol–water partition coefficient (Wildman–Crippen LogP) is 0.656. The minimum absolute atomic E-state index is 0.104. The minimum Gasteiger partial charge on any atom is -0.354 e. The molecule has 0 aromatic carbocycles. The molecular formula is C7H15NO2S. The van der Waals surface area contributed by atoms with Crippen molar-refractivity contribution in [1.29, 1.82) is 0 Å². The van der Waals surface area contributed by atoms with Gasteiger partial charge in [-0.25, -0.2) is 0 Å². The molecule has 0 spiro atoms. The fourth-order valence-electron chi connectivity index (χ4n) is 1.23. The first-order valence-corrected chi connectivity index (χ1v) is 4.76. The zero-order chi connectivity index (χ0) is 8.27. The van der Waals surface area contributed by atoms with Gasteiger partial charge in [-0.3, -0.25) is 5.32 Å². The van der Waals surface area contributed by atoms with Gasteiger partial charge in [0.05, 0.1) is 11.4 Å². The van der Waals surface area contributed by atoms with Crippen molar-refractivity contribution < 1.29 is 9.47 Å². The molecule has 1 rings (SSSR count). The van der Waals surface area contributed by atoms with E-state index in [4.69, 9.17) is 9.47 Å². The fourth-order valence-corrected chi connectivity index (χ4v) is 2.25. The zero-order valence-corrected chi connectivity index (χ0v) is 7.98. The lowest BCUT2D eigenvalue weighted by Gasteiger charge is -2.20. The van der Waals surface area contributed by atoms with Gasteiger partial charge in [0, 0.05) is 20.0 Å². The molecule has 2 atom stereocenters. The maximum absolute atomic E-state index is 5.13. The van der Waals surface area contributed by atoms with Gasteiger partial charge in [-0.15, -0.1) is 11.8 Å². The van der Waals surface area contributed by atoms with Crippen LogP contribution in [0.5, 0.6) is 0 Å². The molecule has 1 saturated heterocycles. The molecule has 0 saturated carbocycles. The van der Waals surface area contributed by atoms with Gasteiger partial charge in [0.15, 0.2) is 6.29 Å². The molecule has 0 radical (unpaired) electrons. The van der Waals surface area contributed by atoms with Crippen LogP contribution < -0.4 is 5.32 Å². The SMILES string of the molecule is COC(OC)C1CSC(C)N1. The lowest BCUT2D eigenvalue weighted by molar-refractivity contribution is -0.117. The molecule has 2 unspecified atom stereocenters. The second-order valence-corrected chi connectivity index (χ2v) is 3.96. The number of nitrogens with one attached hydrogen (secondary N) is 1. The summed E-state index contributed by atoms with van der Waals surface area (Å²) in [6.45, 7) is 2.15. The van der Waals surface area contributed by atoms with E-state index in [0.29, 0.717) is 11.4 Å². The van der Waals surface area contributed by atoms with E-state index in [0.717, 1.165) is 5.75 Å². The maximum atomic E-state index is 5.13. The van der Waals surface area contributed by atoms with Crippen LogP contribution in [0.4, 0.5) is 0 Å². The monoisotopic (exact) mass is 177 g/mol. The fraction of sp³-hybridized carbons (Fsp3) is 1.00. The van der Waals surface area contributed by atoms with E-state index in [1.54, 1.807) is 14.2 Å². The standard InChI is InChI=1S/C7H15NO2S/c1-5-8-6(4-11-5)7(9-2)10-3/h5-8H,4H2,1-3H3. The van der Waals surface area contributed by atoms with Crippen LogP contribution in [-0.4, -0.2) is 37.7 Å². The Morgan fingerprint density at radius 3 is 2.45 bits per heavy atom. The van der Waals surface area contributed by atoms with Crippen molar-refractivity contribution in [1.82, 2.24) is 5.32 Å². The highest BCUT2D eigenvalue weighted by Gasteiger charge is 2.28. The summed E-state index contributed by atoms with van der Waals surface area (Å²) in [4.78, 5) is 0. The Hall–Kier alpha value is 0.230. The van der Waals surface area contributed by atoms with Gasteiger partial charge in [-0.2, -0.15) is 0 Å². The number of thioether (sulfide) groups is 1. The number of ether oxygens (including phenoxy) is 2. The predicted molar refractivity (Wildman–Crippen MR) is 46.6 cm³/mol. The summed E-state index contributed by atoms with van der Waals surface area (Å²) in [5, 5.41) is 3.89. The van der Waals surface area contributed by atoms with E-state index >= 15 is 0 Å². The summed E-state index contributed by atoms with van der Waals surface area (Å²) in [6.07, 6.45) is -0.104. The van der Waals surface area contributed by atoms with Crippen LogP contribution in [0.15, 0.2) is 0 Å². The van der Waals surface area contributed by atoms with Crippen molar-refractivity contribution in [3.05, 3.63) is 0 Å². The highest BCUT2D eigenvalue weighted by Crippen LogP contribution is 2.20. The van der Waals surface area contributed by atoms with Gasteiger partial charge in [0.25, 0.3) is 0 Å². The summed E-state index contributed by atoms with van der Waals surface area (Å²) in [7, 11) is 3.34. The molecular weight excluding hydrogens is 162 g/mol. The molecule has 1 aliphatic rings. The van der Waals surface area contributed by atoms with Crippen molar-refractivity contribution in [3.8, 4) is 0 Å². The van der Waals surface area contributed by atoms with Crippen LogP contribution >= 0.6 is 11.8 Å². The topological polar surface area (TPSA) is 30.5 Å². The van der Waals surface area contributed by atoms with Crippen molar-refractivity contribution in [2.45, 2.75) is 24.6 Å². The quantitative estimate of drug-likeness (QED) is 0.641. The lowest BCUT2D eigenvalue weighted by atomic mass is 10.3. The minimum atomic E-state index is -0.104. The first-order chi connectivity index (χ1) is 5.27. The Bertz CT molecular complexity index is 119. The Morgan fingerprint density at radius 2 is 2.09 bits per heavy atom. The van der Waals surface area contributed by atoms with Gasteiger partial charge < -0.3 is 9.47 Å². The molecule has 1 fully saturated rings. The lowest BCUT2D eigenvalue weighted by Crippen LogP contribution is -2.41. The molecule has 66 valence electrons. The Morgan fingerprint density at radius 1 is 1.45 bits per heavy atom. The maximum Gasteiger partial charge on any atom is 0.172 e. The summed E-state index contributed by atoms with van der Waals surface area (Å²) < 4.78 is 10.3. The van der Waals surface area contributed by atoms with Crippen LogP contribution in [0.25, 0.3) is 0 Å². The third-order valence-corrected chi connectivity index (χ3v) is 2.96. The molecule has 4 heteroatoms. The van der Waals surface area contributed by atoms with E-state index in [2.05, 4.69) is 12.2 Å². The molecule has 11 heavy (non-hydrogen) atoms. The smallest absolute Gasteiger partial charge is 0.172 e. The van der Waals surface area contributed by atoms with Gasteiger partial charge in [-0.1, -0.05) is 0 Å². The average Bonchev–Trinajstić information content (AvgIpc) is 2.39. The first kappa shape index (κ1) is 9.32. The summed E-state index contributed by atoms with van der Waals surface area (Å²) >= 11 is 1.89. The molecule has 0 bridgehead atoms. The molecule has 0 amide bonds. The molecule has 3 nitrogen and oxygen atoms in total. The number of hydrogen-bond acceptors (Lipinski definition) is 4. The van der Waals surface area contributed by atoms with Gasteiger partial charge in [0.1, 0.15) is 0 Å². The average molecular weight is 177 g/mol. The van der Waals surface area contributed by atoms with E-state index < -0.39 is 0 Å². The van der Waals surface area contributed by atoms with Gasteiger partial charge >= 0.3 is 0 Å². The third kappa shape index (κ3) is 2.33. The highest BCUT2D eigenvalue weighted by molar-refractivity contribution is 8.00. The van der Waals surface area contributed by atoms with E-state index in [1.807, 2.05) is 11.8 Å². The number of hydrogen-bond donors (Lipinski definition) is 1. The zero-order valence-electron chi connectivity index (χ0n) is 7.16. The highest BCUT2D eigenvalue weighted by atomic mass is 32.2. The van der Waals surface area contributed by atoms with E-state index in [9.17, 15) is 0 Å². The molecule has 0 aliphatic carbocycles. The summed E-state index contributed by atoms with van der Waals surface area (Å²) in [5.74, 6) is 1.06. The van der Waals surface area contributed by atoms with Gasteiger partial charge in [-0.05, 0) is 6.92 Å². The summed E-state index contributed by atoms with van der Waals surface area (Å²) in [6, 6.07) is 0.338. The second kappa shape index (κ2) is 4.30. The van der Waals surface area contributed by atoms with Crippen LogP contribution in [0, 0.1) is 0 Å². The van der Waals surface area contributed by atoms with Crippen LogP contribution in [0.3, 0.4) is 0 Å². The molecule has 1 N–H and O–H groups in total. The molecule has 1 aliphatic heterocycles. The Labute approximate surface area is 71.8 Å². The van der Waals surface area contributed by atoms with E-state index in [1.165, 1.54) is 0 Å². The normalized spacial score (nSPS) is 31.6. The first-order valence-electron chi connectivity index (χ1n) is 3.71. The third-order valence-electron chi connectivity index (χ3n) is 1.77. The van der Waals surface area contributed by atoms with Crippen LogP contribution in [0.1, 0.15) is 6.92 Å². The van der Waals surface area contributed by atoms with Crippen molar-refractivity contribution in [3.63, 3.8) is 0 Å². The number of methoxy groups -OCH3 is 2. The van der Waals surface area contributed by atoms with Crippen molar-refractivity contribution >= 4 is 11.8 Å². The van der Waals surface area contributed by atoms with Crippen LogP contribution in [0.2, 0.25) is 0 Å². The van der Waals surface area contributed by atoms with Gasteiger partial charge in [0.2, 0.25) is 0 Å². The Kier molecular flexibility index (Phi) is 3.65. The molecule has 0 aromatic heterocycles. The van der Waals surface area contributed by atoms with Crippen molar-refractivity contribution in [2.75, 3.05) is 20.0 Å². The van der Waals surface area contributed by atoms with E-state index in [-0.39, 0.29) is 6.29 Å². The molecule has 1 heterocycles. The summed E-state index contributed by atoms with van der Waals surface area (Å²) in [5.41, 5.74) is 0. The second-order valence-electron chi connectivity index (χ2n) is 2.59. The Balaban J connectivity index is 2.34. The molecule has 0 aromatic rings. The van der Waals surface area contributed by atoms with Crippen molar-refractivity contribution in [2.24, 2.45) is 0 Å². The largest absolute Gasteiger partial charge is 0.354 e. The number of rotatable bonds is 3.